The molecule has 5 nitrogen and oxygen atoms in total. The highest BCUT2D eigenvalue weighted by molar-refractivity contribution is 6.09. The van der Waals surface area contributed by atoms with E-state index in [1.54, 1.807) is 24.5 Å². The van der Waals surface area contributed by atoms with Crippen molar-refractivity contribution in [2.45, 2.75) is 13.5 Å². The fraction of sp³-hybridized carbons (Fsp3) is 0.100. The van der Waals surface area contributed by atoms with Crippen LogP contribution in [0.2, 0.25) is 0 Å². The van der Waals surface area contributed by atoms with Crippen LogP contribution >= 0.6 is 0 Å². The van der Waals surface area contributed by atoms with Crippen LogP contribution in [0.5, 0.6) is 0 Å². The predicted molar refractivity (Wildman–Crippen MR) is 101 cm³/mol. The molecule has 0 fully saturated rings. The molecule has 1 amide bonds. The molecule has 4 rings (SSSR count). The molecule has 2 aromatic carbocycles. The first-order valence-electron chi connectivity index (χ1n) is 8.25. The monoisotopic (exact) mass is 330 g/mol. The summed E-state index contributed by atoms with van der Waals surface area (Å²) < 4.78 is 2.30. The zero-order valence-electron chi connectivity index (χ0n) is 13.9. The van der Waals surface area contributed by atoms with E-state index in [9.17, 15) is 4.79 Å². The number of benzene rings is 2. The lowest BCUT2D eigenvalue weighted by atomic mass is 10.1. The van der Waals surface area contributed by atoms with E-state index in [2.05, 4.69) is 63.4 Å². The molecular formula is C20H18N4O. The SMILES string of the molecule is CCn1c2ccccc2c2cc(/C=N\NC(=O)c3ccc[nH]3)ccc21. The van der Waals surface area contributed by atoms with Gasteiger partial charge in [-0.25, -0.2) is 5.43 Å². The maximum Gasteiger partial charge on any atom is 0.287 e. The number of hydrogen-bond donors (Lipinski definition) is 2. The topological polar surface area (TPSA) is 62.2 Å². The normalized spacial score (nSPS) is 11.6. The van der Waals surface area contributed by atoms with E-state index in [1.165, 1.54) is 21.8 Å². The quantitative estimate of drug-likeness (QED) is 0.432. The van der Waals surface area contributed by atoms with Gasteiger partial charge >= 0.3 is 0 Å². The van der Waals surface area contributed by atoms with Crippen molar-refractivity contribution < 1.29 is 4.79 Å². The fourth-order valence-corrected chi connectivity index (χ4v) is 3.19. The summed E-state index contributed by atoms with van der Waals surface area (Å²) in [7, 11) is 0. The summed E-state index contributed by atoms with van der Waals surface area (Å²) in [6.45, 7) is 3.07. The second kappa shape index (κ2) is 6.28. The van der Waals surface area contributed by atoms with Gasteiger partial charge in [0.2, 0.25) is 0 Å². The molecule has 0 aliphatic rings. The minimum atomic E-state index is -0.259. The minimum absolute atomic E-state index is 0.259. The third-order valence-corrected chi connectivity index (χ3v) is 4.33. The van der Waals surface area contributed by atoms with Crippen molar-refractivity contribution in [3.05, 3.63) is 72.1 Å². The molecule has 4 aromatic rings. The van der Waals surface area contributed by atoms with Gasteiger partial charge in [0.1, 0.15) is 5.69 Å². The fourth-order valence-electron chi connectivity index (χ4n) is 3.19. The van der Waals surface area contributed by atoms with Crippen LogP contribution in [0.4, 0.5) is 0 Å². The number of carbonyl (C=O) groups is 1. The van der Waals surface area contributed by atoms with Crippen LogP contribution in [0.15, 0.2) is 65.9 Å². The van der Waals surface area contributed by atoms with Crippen LogP contribution in [0.25, 0.3) is 21.8 Å². The maximum absolute atomic E-state index is 11.9. The van der Waals surface area contributed by atoms with E-state index in [4.69, 9.17) is 0 Å². The number of hydrogen-bond acceptors (Lipinski definition) is 2. The van der Waals surface area contributed by atoms with E-state index in [1.807, 2.05) is 6.07 Å². The number of nitrogens with zero attached hydrogens (tertiary/aromatic N) is 2. The van der Waals surface area contributed by atoms with E-state index in [0.29, 0.717) is 5.69 Å². The number of amides is 1. The lowest BCUT2D eigenvalue weighted by Gasteiger charge is -2.02. The molecule has 0 radical (unpaired) electrons. The molecule has 0 unspecified atom stereocenters. The molecule has 2 heterocycles. The highest BCUT2D eigenvalue weighted by Crippen LogP contribution is 2.29. The van der Waals surface area contributed by atoms with Crippen molar-refractivity contribution in [1.29, 1.82) is 0 Å². The van der Waals surface area contributed by atoms with Crippen LogP contribution in [0.3, 0.4) is 0 Å². The predicted octanol–water partition coefficient (Wildman–Crippen LogP) is 3.91. The van der Waals surface area contributed by atoms with Crippen LogP contribution in [-0.4, -0.2) is 21.7 Å². The van der Waals surface area contributed by atoms with Crippen molar-refractivity contribution in [2.24, 2.45) is 5.10 Å². The highest BCUT2D eigenvalue weighted by atomic mass is 16.2. The third kappa shape index (κ3) is 2.70. The molecule has 0 aliphatic carbocycles. The largest absolute Gasteiger partial charge is 0.357 e. The van der Waals surface area contributed by atoms with Crippen LogP contribution < -0.4 is 5.43 Å². The Morgan fingerprint density at radius 1 is 1.12 bits per heavy atom. The highest BCUT2D eigenvalue weighted by Gasteiger charge is 2.09. The van der Waals surface area contributed by atoms with Gasteiger partial charge in [-0.15, -0.1) is 0 Å². The Morgan fingerprint density at radius 3 is 2.76 bits per heavy atom. The van der Waals surface area contributed by atoms with Crippen molar-refractivity contribution in [3.63, 3.8) is 0 Å². The van der Waals surface area contributed by atoms with E-state index >= 15 is 0 Å². The first kappa shape index (κ1) is 15.2. The van der Waals surface area contributed by atoms with Crippen molar-refractivity contribution >= 4 is 33.9 Å². The first-order valence-corrected chi connectivity index (χ1v) is 8.25. The summed E-state index contributed by atoms with van der Waals surface area (Å²) in [5.41, 5.74) is 6.39. The zero-order chi connectivity index (χ0) is 17.2. The van der Waals surface area contributed by atoms with E-state index < -0.39 is 0 Å². The second-order valence-corrected chi connectivity index (χ2v) is 5.82. The molecule has 5 heteroatoms. The van der Waals surface area contributed by atoms with Gasteiger partial charge in [-0.1, -0.05) is 24.3 Å². The molecular weight excluding hydrogens is 312 g/mol. The number of hydrazone groups is 1. The van der Waals surface area contributed by atoms with Gasteiger partial charge in [-0.3, -0.25) is 4.79 Å². The molecule has 0 aliphatic heterocycles. The lowest BCUT2D eigenvalue weighted by Crippen LogP contribution is -2.17. The summed E-state index contributed by atoms with van der Waals surface area (Å²) in [6.07, 6.45) is 3.37. The standard InChI is InChI=1S/C20H18N4O/c1-2-24-18-8-4-3-6-15(18)16-12-14(9-10-19(16)24)13-22-23-20(25)17-7-5-11-21-17/h3-13,21H,2H2,1H3,(H,23,25)/b22-13-. The number of carbonyl (C=O) groups excluding carboxylic acids is 1. The lowest BCUT2D eigenvalue weighted by molar-refractivity contribution is 0.0951. The van der Waals surface area contributed by atoms with Crippen molar-refractivity contribution in [1.82, 2.24) is 15.0 Å². The number of aromatic nitrogens is 2. The van der Waals surface area contributed by atoms with Crippen molar-refractivity contribution in [2.75, 3.05) is 0 Å². The molecule has 0 saturated carbocycles. The first-order chi connectivity index (χ1) is 12.3. The van der Waals surface area contributed by atoms with Gasteiger partial charge in [0.05, 0.1) is 6.21 Å². The average Bonchev–Trinajstić information content (AvgIpc) is 3.28. The average molecular weight is 330 g/mol. The summed E-state index contributed by atoms with van der Waals surface area (Å²) in [6, 6.07) is 18.1. The molecule has 25 heavy (non-hydrogen) atoms. The van der Waals surface area contributed by atoms with Crippen molar-refractivity contribution in [3.8, 4) is 0 Å². The number of fused-ring (bicyclic) bond motifs is 3. The van der Waals surface area contributed by atoms with E-state index in [-0.39, 0.29) is 5.91 Å². The molecule has 2 aromatic heterocycles. The number of aromatic amines is 1. The molecule has 0 saturated heterocycles. The zero-order valence-corrected chi connectivity index (χ0v) is 13.9. The molecule has 2 N–H and O–H groups in total. The van der Waals surface area contributed by atoms with Crippen LogP contribution in [-0.2, 0) is 6.54 Å². The van der Waals surface area contributed by atoms with Gasteiger partial charge in [-0.05, 0) is 42.8 Å². The minimum Gasteiger partial charge on any atom is -0.357 e. The Labute approximate surface area is 145 Å². The third-order valence-electron chi connectivity index (χ3n) is 4.33. The summed E-state index contributed by atoms with van der Waals surface area (Å²) in [5.74, 6) is -0.259. The number of rotatable bonds is 4. The molecule has 0 bridgehead atoms. The number of para-hydroxylation sites is 1. The second-order valence-electron chi connectivity index (χ2n) is 5.82. The summed E-state index contributed by atoms with van der Waals surface area (Å²) in [4.78, 5) is 14.7. The Bertz CT molecular complexity index is 1070. The smallest absolute Gasteiger partial charge is 0.287 e. The summed E-state index contributed by atoms with van der Waals surface area (Å²) >= 11 is 0. The molecule has 0 atom stereocenters. The Morgan fingerprint density at radius 2 is 1.96 bits per heavy atom. The van der Waals surface area contributed by atoms with Gasteiger partial charge in [0.25, 0.3) is 5.91 Å². The van der Waals surface area contributed by atoms with Gasteiger partial charge in [0, 0.05) is 34.5 Å². The van der Waals surface area contributed by atoms with Crippen LogP contribution in [0, 0.1) is 0 Å². The molecule has 124 valence electrons. The van der Waals surface area contributed by atoms with Gasteiger partial charge in [0.15, 0.2) is 0 Å². The Hall–Kier alpha value is -3.34. The number of H-pyrrole nitrogens is 1. The number of nitrogens with one attached hydrogen (secondary N) is 2. The Balaban J connectivity index is 1.66. The Kier molecular flexibility index (Phi) is 3.82. The van der Waals surface area contributed by atoms with Gasteiger partial charge < -0.3 is 9.55 Å². The van der Waals surface area contributed by atoms with E-state index in [0.717, 1.165) is 12.1 Å². The number of aryl methyl sites for hydroxylation is 1. The summed E-state index contributed by atoms with van der Waals surface area (Å²) in [5, 5.41) is 6.48. The van der Waals surface area contributed by atoms with Crippen LogP contribution in [0.1, 0.15) is 23.0 Å². The maximum atomic E-state index is 11.9. The molecule has 0 spiro atoms. The van der Waals surface area contributed by atoms with Gasteiger partial charge in [-0.2, -0.15) is 5.10 Å².